The van der Waals surface area contributed by atoms with E-state index in [-0.39, 0.29) is 77.8 Å². The number of imide groups is 2. The molecule has 322 valence electrons. The average molecular weight is 897 g/mol. The van der Waals surface area contributed by atoms with Gasteiger partial charge in [0.25, 0.3) is 0 Å². The van der Waals surface area contributed by atoms with Gasteiger partial charge in [-0.05, 0) is 41.8 Å². The molecule has 0 bridgehead atoms. The maximum Gasteiger partial charge on any atom is 0.333 e. The molecule has 0 aromatic heterocycles. The molecule has 2 aromatic carbocycles. The first-order valence-corrected chi connectivity index (χ1v) is 21.4. The number of aliphatic hydroxyl groups is 2. The van der Waals surface area contributed by atoms with Crippen molar-refractivity contribution in [1.82, 2.24) is 9.80 Å². The number of thiol groups is 5. The van der Waals surface area contributed by atoms with Crippen LogP contribution < -0.4 is 9.47 Å². The van der Waals surface area contributed by atoms with Crippen molar-refractivity contribution in [2.24, 2.45) is 5.92 Å². The summed E-state index contributed by atoms with van der Waals surface area (Å²) in [4.78, 5) is 69.3. The zero-order valence-corrected chi connectivity index (χ0v) is 36.7. The molecule has 1 aliphatic rings. The fraction of sp³-hybridized carbons (Fsp3) is 0.595. The van der Waals surface area contributed by atoms with Crippen molar-refractivity contribution in [1.29, 1.82) is 0 Å². The molecule has 0 aliphatic carbocycles. The van der Waals surface area contributed by atoms with Crippen LogP contribution in [0.3, 0.4) is 0 Å². The lowest BCUT2D eigenvalue weighted by atomic mass is 9.78. The molecule has 57 heavy (non-hydrogen) atoms. The number of carbonyl (C=O) groups is 3. The molecule has 1 aliphatic heterocycles. The highest BCUT2D eigenvalue weighted by molar-refractivity contribution is 7.80. The number of benzene rings is 2. The van der Waals surface area contributed by atoms with Gasteiger partial charge in [-0.1, -0.05) is 38.1 Å². The van der Waals surface area contributed by atoms with E-state index in [9.17, 15) is 24.6 Å². The number of hydrogen-bond acceptors (Lipinski definition) is 18. The molecule has 1 heterocycles. The standard InChI is InChI=1S/C21H28O4S2.C16H28N2O9S3/c1-21(2,15-3-7-19(8-4-15)24-11-17(22)13-26)16-5-9-20(10-6-16)25-12-18(23)14-27;19-14-13(1-4-22-25-7-10-28)15(20)18(3-6-24-27-9-12-30)16(21)17(14)2-5-23-26-8-11-29/h3-10,17-18,22-23,26-27H,11-14H2,1-2H3;13,28-30H,1-12H2. The Morgan fingerprint density at radius 2 is 0.930 bits per heavy atom. The molecule has 1 fully saturated rings. The largest absolute Gasteiger partial charge is 0.491 e. The highest BCUT2D eigenvalue weighted by atomic mass is 32.1. The number of hydrogen-bond donors (Lipinski definition) is 7. The van der Waals surface area contributed by atoms with Gasteiger partial charge in [0.2, 0.25) is 11.8 Å². The monoisotopic (exact) mass is 896 g/mol. The van der Waals surface area contributed by atoms with E-state index in [1.165, 1.54) is 0 Å². The van der Waals surface area contributed by atoms with E-state index in [0.29, 0.717) is 28.8 Å². The summed E-state index contributed by atoms with van der Waals surface area (Å²) in [5.41, 5.74) is 2.12. The zero-order valence-electron chi connectivity index (χ0n) is 32.2. The van der Waals surface area contributed by atoms with Crippen LogP contribution in [0.4, 0.5) is 4.79 Å². The lowest BCUT2D eigenvalue weighted by Crippen LogP contribution is -2.61. The molecular formula is C37H56N2O13S5. The van der Waals surface area contributed by atoms with Crippen LogP contribution >= 0.6 is 63.1 Å². The molecule has 1 saturated heterocycles. The SMILES string of the molecule is CC(C)(c1ccc(OCC(O)CS)cc1)c1ccc(OCC(O)CS)cc1.O=C1C(CCOOCCS)C(=O)N(CCOOCCS)C(=O)N1CCOOCCS. The second-order valence-electron chi connectivity index (χ2n) is 12.7. The molecule has 0 radical (unpaired) electrons. The van der Waals surface area contributed by atoms with E-state index in [1.54, 1.807) is 0 Å². The molecule has 20 heteroatoms. The van der Waals surface area contributed by atoms with Gasteiger partial charge in [0.05, 0.1) is 51.7 Å². The third-order valence-corrected chi connectivity index (χ3v) is 9.50. The normalized spacial score (nSPS) is 14.7. The van der Waals surface area contributed by atoms with E-state index >= 15 is 0 Å². The van der Waals surface area contributed by atoms with Crippen molar-refractivity contribution in [3.63, 3.8) is 0 Å². The first kappa shape index (κ1) is 51.2. The fourth-order valence-electron chi connectivity index (χ4n) is 4.96. The van der Waals surface area contributed by atoms with Gasteiger partial charge in [-0.2, -0.15) is 63.1 Å². The third kappa shape index (κ3) is 18.5. The van der Waals surface area contributed by atoms with Crippen LogP contribution in [0.15, 0.2) is 48.5 Å². The van der Waals surface area contributed by atoms with Crippen molar-refractivity contribution >= 4 is 81.0 Å². The molecule has 0 spiro atoms. The van der Waals surface area contributed by atoms with Gasteiger partial charge in [-0.15, -0.1) is 0 Å². The van der Waals surface area contributed by atoms with Crippen molar-refractivity contribution in [2.45, 2.75) is 37.9 Å². The second kappa shape index (κ2) is 29.3. The van der Waals surface area contributed by atoms with Crippen LogP contribution in [0.2, 0.25) is 0 Å². The Hall–Kier alpha value is -1.92. The van der Waals surface area contributed by atoms with E-state index in [0.717, 1.165) is 32.4 Å². The predicted molar refractivity (Wildman–Crippen MR) is 230 cm³/mol. The minimum absolute atomic E-state index is 0.00505. The van der Waals surface area contributed by atoms with Gasteiger partial charge in [0.15, 0.2) is 0 Å². The van der Waals surface area contributed by atoms with E-state index in [4.69, 9.17) is 38.8 Å². The van der Waals surface area contributed by atoms with Gasteiger partial charge < -0.3 is 19.7 Å². The average Bonchev–Trinajstić information content (AvgIpc) is 3.22. The summed E-state index contributed by atoms with van der Waals surface area (Å²) < 4.78 is 11.1. The van der Waals surface area contributed by atoms with Gasteiger partial charge >= 0.3 is 6.03 Å². The minimum Gasteiger partial charge on any atom is -0.491 e. The Labute approximate surface area is 362 Å². The summed E-state index contributed by atoms with van der Waals surface area (Å²) in [5.74, 6) is 1.20. The predicted octanol–water partition coefficient (Wildman–Crippen LogP) is 3.77. The molecular weight excluding hydrogens is 841 g/mol. The molecule has 2 aromatic rings. The number of ether oxygens (including phenoxy) is 2. The highest BCUT2D eigenvalue weighted by Crippen LogP contribution is 2.33. The summed E-state index contributed by atoms with van der Waals surface area (Å²) in [7, 11) is 0. The summed E-state index contributed by atoms with van der Waals surface area (Å²) in [5, 5.41) is 19.1. The Bertz CT molecular complexity index is 1280. The number of urea groups is 1. The van der Waals surface area contributed by atoms with E-state index in [1.807, 2.05) is 48.5 Å². The molecule has 15 nitrogen and oxygen atoms in total. The molecule has 2 N–H and O–H groups in total. The van der Waals surface area contributed by atoms with Crippen molar-refractivity contribution in [3.8, 4) is 11.5 Å². The Balaban J connectivity index is 0.000000395. The van der Waals surface area contributed by atoms with E-state index in [2.05, 4.69) is 77.0 Å². The Morgan fingerprint density at radius 1 is 0.579 bits per heavy atom. The van der Waals surface area contributed by atoms with Crippen LogP contribution in [-0.2, 0) is 44.3 Å². The highest BCUT2D eigenvalue weighted by Gasteiger charge is 2.45. The van der Waals surface area contributed by atoms with Crippen LogP contribution in [0, 0.1) is 5.92 Å². The first-order valence-electron chi connectivity index (χ1n) is 18.2. The second-order valence-corrected chi connectivity index (χ2v) is 14.7. The number of rotatable bonds is 28. The molecule has 2 unspecified atom stereocenters. The van der Waals surface area contributed by atoms with Gasteiger partial charge in [-0.3, -0.25) is 19.4 Å². The number of amides is 4. The molecule has 4 amide bonds. The summed E-state index contributed by atoms with van der Waals surface area (Å²) in [6, 6.07) is 15.1. The minimum atomic E-state index is -1.10. The maximum absolute atomic E-state index is 12.7. The summed E-state index contributed by atoms with van der Waals surface area (Å²) in [6.07, 6.45) is -1.10. The van der Waals surface area contributed by atoms with Crippen LogP contribution in [0.1, 0.15) is 31.4 Å². The number of nitrogens with zero attached hydrogens (tertiary/aromatic N) is 2. The van der Waals surface area contributed by atoms with Gasteiger partial charge in [0.1, 0.15) is 43.8 Å². The van der Waals surface area contributed by atoms with Crippen LogP contribution in [-0.4, -0.2) is 145 Å². The lowest BCUT2D eigenvalue weighted by Gasteiger charge is -2.36. The summed E-state index contributed by atoms with van der Waals surface area (Å²) in [6.45, 7) is 5.28. The number of barbiturate groups is 1. The summed E-state index contributed by atoms with van der Waals surface area (Å²) >= 11 is 20.0. The van der Waals surface area contributed by atoms with E-state index < -0.39 is 36.0 Å². The quantitative estimate of drug-likeness (QED) is 0.0217. The third-order valence-electron chi connectivity index (χ3n) is 8.11. The van der Waals surface area contributed by atoms with Crippen LogP contribution in [0.5, 0.6) is 11.5 Å². The fourth-order valence-corrected chi connectivity index (χ4v) is 5.39. The van der Waals surface area contributed by atoms with Gasteiger partial charge in [-0.25, -0.2) is 34.1 Å². The first-order chi connectivity index (χ1) is 27.4. The van der Waals surface area contributed by atoms with Crippen molar-refractivity contribution in [3.05, 3.63) is 59.7 Å². The Kier molecular flexibility index (Phi) is 26.4. The molecule has 0 saturated carbocycles. The topological polar surface area (TPSA) is 172 Å². The maximum atomic E-state index is 12.7. The lowest BCUT2D eigenvalue weighted by molar-refractivity contribution is -0.293. The number of carbonyl (C=O) groups excluding carboxylic acids is 3. The molecule has 3 rings (SSSR count). The zero-order chi connectivity index (χ0) is 42.1. The van der Waals surface area contributed by atoms with Crippen molar-refractivity contribution < 1.29 is 63.4 Å². The smallest absolute Gasteiger partial charge is 0.333 e. The number of aliphatic hydroxyl groups excluding tert-OH is 2. The van der Waals surface area contributed by atoms with Crippen LogP contribution in [0.25, 0.3) is 0 Å². The van der Waals surface area contributed by atoms with Crippen molar-refractivity contribution in [2.75, 3.05) is 94.7 Å². The Morgan fingerprint density at radius 3 is 1.28 bits per heavy atom. The molecule has 2 atom stereocenters. The van der Waals surface area contributed by atoms with Gasteiger partial charge in [0, 0.05) is 34.2 Å².